The molecule has 1 aromatic carbocycles. The zero-order chi connectivity index (χ0) is 19.5. The first kappa shape index (κ1) is 18.9. The predicted octanol–water partition coefficient (Wildman–Crippen LogP) is 1.73. The molecule has 3 aliphatic heterocycles. The molecule has 0 aliphatic carbocycles. The van der Waals surface area contributed by atoms with Crippen molar-refractivity contribution >= 4 is 40.3 Å². The maximum atomic E-state index is 12.3. The van der Waals surface area contributed by atoms with Gasteiger partial charge in [0.05, 0.1) is 36.3 Å². The van der Waals surface area contributed by atoms with E-state index in [1.54, 1.807) is 18.2 Å². The maximum absolute atomic E-state index is 12.3. The highest BCUT2D eigenvalue weighted by Crippen LogP contribution is 2.34. The molecule has 0 unspecified atom stereocenters. The summed E-state index contributed by atoms with van der Waals surface area (Å²) in [6, 6.07) is 5.05. The van der Waals surface area contributed by atoms with Gasteiger partial charge in [-0.15, -0.1) is 0 Å². The quantitative estimate of drug-likeness (QED) is 0.427. The Hall–Kier alpha value is -2.43. The first-order valence-electron chi connectivity index (χ1n) is 9.08. The van der Waals surface area contributed by atoms with Crippen molar-refractivity contribution in [3.05, 3.63) is 38.8 Å². The lowest BCUT2D eigenvalue weighted by Crippen LogP contribution is -2.38. The molecule has 2 fully saturated rings. The summed E-state index contributed by atoms with van der Waals surface area (Å²) in [4.78, 5) is 32.1. The Morgan fingerprint density at radius 2 is 1.71 bits per heavy atom. The van der Waals surface area contributed by atoms with E-state index in [-0.39, 0.29) is 16.5 Å². The number of nitro groups is 1. The van der Waals surface area contributed by atoms with Crippen LogP contribution in [0.1, 0.15) is 5.56 Å². The van der Waals surface area contributed by atoms with Gasteiger partial charge >= 0.3 is 0 Å². The van der Waals surface area contributed by atoms with Gasteiger partial charge in [0.1, 0.15) is 5.69 Å². The number of amides is 1. The normalized spacial score (nSPS) is 21.9. The van der Waals surface area contributed by atoms with Crippen LogP contribution in [-0.2, 0) is 14.3 Å². The van der Waals surface area contributed by atoms with Gasteiger partial charge in [0.2, 0.25) is 0 Å². The Kier molecular flexibility index (Phi) is 5.60. The van der Waals surface area contributed by atoms with Gasteiger partial charge in [-0.3, -0.25) is 14.9 Å². The second-order valence-electron chi connectivity index (χ2n) is 6.51. The molecule has 1 amide bonds. The number of nitro benzene ring substituents is 1. The van der Waals surface area contributed by atoms with Gasteiger partial charge in [-0.05, 0) is 29.5 Å². The van der Waals surface area contributed by atoms with Crippen LogP contribution in [0.3, 0.4) is 0 Å². The van der Waals surface area contributed by atoms with Crippen molar-refractivity contribution < 1.29 is 19.2 Å². The molecule has 0 aromatic heterocycles. The molecule has 1 aromatic rings. The number of morpholine rings is 2. The number of hydrogen-bond donors (Lipinski definition) is 0. The lowest BCUT2D eigenvalue weighted by atomic mass is 10.1. The lowest BCUT2D eigenvalue weighted by molar-refractivity contribution is -0.384. The van der Waals surface area contributed by atoms with E-state index in [1.807, 2.05) is 9.80 Å². The summed E-state index contributed by atoms with van der Waals surface area (Å²) >= 11 is 1.30. The smallest absolute Gasteiger partial charge is 0.293 e. The van der Waals surface area contributed by atoms with Crippen LogP contribution >= 0.6 is 11.8 Å². The molecular weight excluding hydrogens is 384 g/mol. The summed E-state index contributed by atoms with van der Waals surface area (Å²) in [7, 11) is 0. The van der Waals surface area contributed by atoms with Gasteiger partial charge in [0.15, 0.2) is 5.17 Å². The van der Waals surface area contributed by atoms with Gasteiger partial charge in [-0.2, -0.15) is 4.99 Å². The summed E-state index contributed by atoms with van der Waals surface area (Å²) in [5.74, 6) is -0.314. The van der Waals surface area contributed by atoms with E-state index in [9.17, 15) is 14.9 Å². The number of benzene rings is 1. The van der Waals surface area contributed by atoms with Gasteiger partial charge in [-0.25, -0.2) is 0 Å². The molecule has 3 heterocycles. The van der Waals surface area contributed by atoms with Crippen LogP contribution in [0.15, 0.2) is 28.1 Å². The topological polar surface area (TPSA) is 97.5 Å². The van der Waals surface area contributed by atoms with Gasteiger partial charge in [-0.1, -0.05) is 6.07 Å². The lowest BCUT2D eigenvalue weighted by Gasteiger charge is -2.28. The van der Waals surface area contributed by atoms with E-state index >= 15 is 0 Å². The fourth-order valence-electron chi connectivity index (χ4n) is 3.29. The van der Waals surface area contributed by atoms with Crippen molar-refractivity contribution in [1.82, 2.24) is 4.90 Å². The second-order valence-corrected chi connectivity index (χ2v) is 7.52. The fourth-order valence-corrected chi connectivity index (χ4v) is 4.25. The van der Waals surface area contributed by atoms with E-state index in [2.05, 4.69) is 4.99 Å². The van der Waals surface area contributed by atoms with Gasteiger partial charge in [0.25, 0.3) is 11.6 Å². The standard InChI is InChI=1S/C18H20N4O5S/c23-17-16(28-18(19-17)21-5-9-27-10-6-21)12-13-1-2-14(15(11-13)22(24)25)20-3-7-26-8-4-20/h1-2,11-12H,3-10H2/b16-12+. The number of hydrogen-bond acceptors (Lipinski definition) is 8. The van der Waals surface area contributed by atoms with Crippen molar-refractivity contribution in [3.8, 4) is 0 Å². The van der Waals surface area contributed by atoms with E-state index < -0.39 is 0 Å². The van der Waals surface area contributed by atoms with Crippen molar-refractivity contribution in [2.24, 2.45) is 4.99 Å². The van der Waals surface area contributed by atoms with Crippen molar-refractivity contribution in [1.29, 1.82) is 0 Å². The van der Waals surface area contributed by atoms with Crippen LogP contribution in [0.25, 0.3) is 6.08 Å². The minimum absolute atomic E-state index is 0.0287. The Morgan fingerprint density at radius 1 is 1.07 bits per heavy atom. The molecule has 2 saturated heterocycles. The Balaban J connectivity index is 1.55. The zero-order valence-corrected chi connectivity index (χ0v) is 16.0. The van der Waals surface area contributed by atoms with Gasteiger partial charge < -0.3 is 19.3 Å². The molecule has 4 rings (SSSR count). The van der Waals surface area contributed by atoms with Crippen LogP contribution < -0.4 is 4.90 Å². The van der Waals surface area contributed by atoms with E-state index in [0.29, 0.717) is 73.9 Å². The minimum Gasteiger partial charge on any atom is -0.378 e. The molecule has 10 heteroatoms. The summed E-state index contributed by atoms with van der Waals surface area (Å²) in [5, 5.41) is 12.3. The second kappa shape index (κ2) is 8.29. The molecule has 9 nitrogen and oxygen atoms in total. The Labute approximate surface area is 166 Å². The summed E-state index contributed by atoms with van der Waals surface area (Å²) in [6.45, 7) is 4.96. The van der Waals surface area contributed by atoms with Crippen molar-refractivity contribution in [3.63, 3.8) is 0 Å². The molecule has 0 atom stereocenters. The number of ether oxygens (including phenoxy) is 2. The SMILES string of the molecule is O=C1N=C(N2CCOCC2)S/C1=C/c1ccc(N2CCOCC2)c([N+](=O)[O-])c1. The molecule has 28 heavy (non-hydrogen) atoms. The van der Waals surface area contributed by atoms with E-state index in [1.165, 1.54) is 17.8 Å². The van der Waals surface area contributed by atoms with Gasteiger partial charge in [0, 0.05) is 32.2 Å². The highest BCUT2D eigenvalue weighted by molar-refractivity contribution is 8.18. The predicted molar refractivity (Wildman–Crippen MR) is 107 cm³/mol. The maximum Gasteiger partial charge on any atom is 0.293 e. The molecule has 0 radical (unpaired) electrons. The van der Waals surface area contributed by atoms with E-state index in [4.69, 9.17) is 9.47 Å². The number of nitrogens with zero attached hydrogens (tertiary/aromatic N) is 4. The highest BCUT2D eigenvalue weighted by atomic mass is 32.2. The summed E-state index contributed by atoms with van der Waals surface area (Å²) < 4.78 is 10.6. The molecular formula is C18H20N4O5S. The average Bonchev–Trinajstić information content (AvgIpc) is 3.09. The minimum atomic E-state index is -0.383. The molecule has 0 N–H and O–H groups in total. The molecule has 3 aliphatic rings. The first-order chi connectivity index (χ1) is 13.6. The number of rotatable bonds is 3. The number of carbonyl (C=O) groups excluding carboxylic acids is 1. The molecule has 0 bridgehead atoms. The highest BCUT2D eigenvalue weighted by Gasteiger charge is 2.28. The monoisotopic (exact) mass is 404 g/mol. The van der Waals surface area contributed by atoms with Crippen LogP contribution in [0.4, 0.5) is 11.4 Å². The van der Waals surface area contributed by atoms with E-state index in [0.717, 1.165) is 0 Å². The number of amidine groups is 1. The Morgan fingerprint density at radius 3 is 2.36 bits per heavy atom. The average molecular weight is 404 g/mol. The third kappa shape index (κ3) is 4.03. The van der Waals surface area contributed by atoms with Crippen LogP contribution in [0.2, 0.25) is 0 Å². The third-order valence-corrected chi connectivity index (χ3v) is 5.78. The Bertz CT molecular complexity index is 844. The summed E-state index contributed by atoms with van der Waals surface area (Å²) in [6.07, 6.45) is 1.67. The number of thioether (sulfide) groups is 1. The molecule has 0 saturated carbocycles. The largest absolute Gasteiger partial charge is 0.378 e. The van der Waals surface area contributed by atoms with Crippen LogP contribution in [-0.4, -0.2) is 73.5 Å². The zero-order valence-electron chi connectivity index (χ0n) is 15.2. The molecule has 148 valence electrons. The first-order valence-corrected chi connectivity index (χ1v) is 9.90. The number of aliphatic imine (C=N–C) groups is 1. The fraction of sp³-hybridized carbons (Fsp3) is 0.444. The van der Waals surface area contributed by atoms with Crippen molar-refractivity contribution in [2.75, 3.05) is 57.5 Å². The van der Waals surface area contributed by atoms with Crippen LogP contribution in [0.5, 0.6) is 0 Å². The number of carbonyl (C=O) groups is 1. The van der Waals surface area contributed by atoms with Crippen LogP contribution in [0, 0.1) is 10.1 Å². The number of anilines is 1. The summed E-state index contributed by atoms with van der Waals surface area (Å²) in [5.41, 5.74) is 1.21. The third-order valence-electron chi connectivity index (χ3n) is 4.74. The molecule has 0 spiro atoms. The van der Waals surface area contributed by atoms with Crippen molar-refractivity contribution in [2.45, 2.75) is 0 Å².